The van der Waals surface area contributed by atoms with E-state index < -0.39 is 0 Å². The first-order valence-electron chi connectivity index (χ1n) is 5.82. The summed E-state index contributed by atoms with van der Waals surface area (Å²) in [7, 11) is 0. The Hall–Kier alpha value is -1.80. The van der Waals surface area contributed by atoms with Crippen molar-refractivity contribution >= 4 is 15.9 Å². The van der Waals surface area contributed by atoms with Gasteiger partial charge in [-0.3, -0.25) is 0 Å². The summed E-state index contributed by atoms with van der Waals surface area (Å²) < 4.78 is 15.7. The molecule has 0 aliphatic heterocycles. The lowest BCUT2D eigenvalue weighted by Gasteiger charge is -2.03. The van der Waals surface area contributed by atoms with E-state index in [0.717, 1.165) is 10.2 Å². The molecular weight excluding hydrogens is 329 g/mol. The first-order valence-corrected chi connectivity index (χ1v) is 6.61. The van der Waals surface area contributed by atoms with Crippen LogP contribution < -0.4 is 11.4 Å². The third kappa shape index (κ3) is 2.86. The molecule has 0 saturated carbocycles. The molecule has 2 heterocycles. The number of pyridine rings is 1. The molecule has 0 radical (unpaired) electrons. The Morgan fingerprint density at radius 1 is 1.60 bits per heavy atom. The van der Waals surface area contributed by atoms with Crippen LogP contribution in [0.5, 0.6) is 0 Å². The fourth-order valence-corrected chi connectivity index (χ4v) is 1.85. The van der Waals surface area contributed by atoms with Crippen molar-refractivity contribution in [3.8, 4) is 5.69 Å². The molecule has 0 aromatic carbocycles. The van der Waals surface area contributed by atoms with Gasteiger partial charge in [0.05, 0.1) is 24.8 Å². The van der Waals surface area contributed by atoms with Gasteiger partial charge in [-0.15, -0.1) is 0 Å². The van der Waals surface area contributed by atoms with Crippen LogP contribution in [-0.4, -0.2) is 25.9 Å². The number of nitrogens with two attached hydrogens (primary N) is 1. The van der Waals surface area contributed by atoms with Gasteiger partial charge in [0, 0.05) is 6.54 Å². The van der Waals surface area contributed by atoms with Crippen molar-refractivity contribution in [1.29, 1.82) is 0 Å². The zero-order valence-electron chi connectivity index (χ0n) is 10.8. The van der Waals surface area contributed by atoms with Gasteiger partial charge in [0.2, 0.25) is 0 Å². The highest BCUT2D eigenvalue weighted by Gasteiger charge is 2.09. The Morgan fingerprint density at radius 2 is 2.35 bits per heavy atom. The van der Waals surface area contributed by atoms with E-state index >= 15 is 0 Å². The molecule has 0 aliphatic carbocycles. The molecule has 6 nitrogen and oxygen atoms in total. The van der Waals surface area contributed by atoms with E-state index in [1.165, 1.54) is 10.9 Å². The second-order valence-electron chi connectivity index (χ2n) is 4.21. The summed E-state index contributed by atoms with van der Waals surface area (Å²) >= 11 is 3.29. The minimum atomic E-state index is -0.374. The number of hydrogen-bond donors (Lipinski definition) is 1. The van der Waals surface area contributed by atoms with Crippen molar-refractivity contribution in [3.63, 3.8) is 0 Å². The fourth-order valence-electron chi connectivity index (χ4n) is 1.63. The molecule has 8 heteroatoms. The average Bonchev–Trinajstić information content (AvgIpc) is 2.80. The summed E-state index contributed by atoms with van der Waals surface area (Å²) in [6.07, 6.45) is 3.33. The molecule has 2 aromatic rings. The molecule has 0 bridgehead atoms. The first-order chi connectivity index (χ1) is 9.56. The maximum Gasteiger partial charge on any atom is 0.350 e. The summed E-state index contributed by atoms with van der Waals surface area (Å²) in [6.45, 7) is 1.94. The number of aryl methyl sites for hydroxylation is 1. The van der Waals surface area contributed by atoms with Crippen molar-refractivity contribution in [2.45, 2.75) is 13.5 Å². The van der Waals surface area contributed by atoms with Crippen LogP contribution >= 0.6 is 15.9 Å². The van der Waals surface area contributed by atoms with E-state index in [4.69, 9.17) is 5.73 Å². The molecule has 2 aromatic heterocycles. The summed E-state index contributed by atoms with van der Waals surface area (Å²) in [5.41, 5.74) is 6.78. The second kappa shape index (κ2) is 6.10. The zero-order chi connectivity index (χ0) is 14.7. The Labute approximate surface area is 122 Å². The molecule has 2 N–H and O–H groups in total. The summed E-state index contributed by atoms with van der Waals surface area (Å²) in [4.78, 5) is 16.3. The number of aromatic nitrogens is 4. The largest absolute Gasteiger partial charge is 0.350 e. The third-order valence-corrected chi connectivity index (χ3v) is 3.61. The number of hydrogen-bond acceptors (Lipinski definition) is 4. The Morgan fingerprint density at radius 3 is 2.95 bits per heavy atom. The molecule has 20 heavy (non-hydrogen) atoms. The normalized spacial score (nSPS) is 11.9. The lowest BCUT2D eigenvalue weighted by atomic mass is 10.3. The zero-order valence-corrected chi connectivity index (χ0v) is 12.3. The third-order valence-electron chi connectivity index (χ3n) is 2.78. The van der Waals surface area contributed by atoms with Crippen LogP contribution in [0.15, 0.2) is 39.9 Å². The SMILES string of the molecule is Cc1cc(-n2cnn(C/C(=C/F)CN)c2=O)cnc1Br. The number of nitrogens with zero attached hydrogens (tertiary/aromatic N) is 4. The van der Waals surface area contributed by atoms with E-state index in [2.05, 4.69) is 26.0 Å². The molecule has 0 saturated heterocycles. The van der Waals surface area contributed by atoms with Crippen LogP contribution in [0.2, 0.25) is 0 Å². The van der Waals surface area contributed by atoms with Gasteiger partial charge in [-0.25, -0.2) is 23.4 Å². The second-order valence-corrected chi connectivity index (χ2v) is 4.97. The van der Waals surface area contributed by atoms with Crippen LogP contribution in [0.4, 0.5) is 4.39 Å². The van der Waals surface area contributed by atoms with E-state index in [9.17, 15) is 9.18 Å². The smallest absolute Gasteiger partial charge is 0.327 e. The van der Waals surface area contributed by atoms with Gasteiger partial charge < -0.3 is 5.73 Å². The molecule has 0 atom stereocenters. The molecule has 2 rings (SSSR count). The van der Waals surface area contributed by atoms with Crippen molar-refractivity contribution in [2.75, 3.05) is 6.54 Å². The lowest BCUT2D eigenvalue weighted by Crippen LogP contribution is -2.26. The van der Waals surface area contributed by atoms with Gasteiger partial charge in [-0.1, -0.05) is 0 Å². The van der Waals surface area contributed by atoms with Crippen molar-refractivity contribution < 1.29 is 4.39 Å². The molecule has 106 valence electrons. The van der Waals surface area contributed by atoms with Crippen LogP contribution in [0, 0.1) is 6.92 Å². The Bertz CT molecular complexity index is 706. The maximum absolute atomic E-state index is 12.5. The highest BCUT2D eigenvalue weighted by molar-refractivity contribution is 9.10. The summed E-state index contributed by atoms with van der Waals surface area (Å²) in [5.74, 6) is 0. The highest BCUT2D eigenvalue weighted by atomic mass is 79.9. The first kappa shape index (κ1) is 14.6. The van der Waals surface area contributed by atoms with E-state index in [1.807, 2.05) is 6.92 Å². The topological polar surface area (TPSA) is 78.7 Å². The average molecular weight is 342 g/mol. The van der Waals surface area contributed by atoms with E-state index in [-0.39, 0.29) is 18.8 Å². The van der Waals surface area contributed by atoms with E-state index in [1.54, 1.807) is 12.3 Å². The number of rotatable bonds is 4. The van der Waals surface area contributed by atoms with Crippen LogP contribution in [0.25, 0.3) is 5.69 Å². The van der Waals surface area contributed by atoms with Crippen LogP contribution in [0.1, 0.15) is 5.56 Å². The van der Waals surface area contributed by atoms with Gasteiger partial charge in [-0.2, -0.15) is 5.10 Å². The molecule has 0 fully saturated rings. The molecule has 0 spiro atoms. The van der Waals surface area contributed by atoms with Gasteiger partial charge in [0.1, 0.15) is 10.9 Å². The van der Waals surface area contributed by atoms with E-state index in [0.29, 0.717) is 22.2 Å². The number of halogens is 2. The minimum absolute atomic E-state index is 0.0295. The van der Waals surface area contributed by atoms with Gasteiger partial charge in [-0.05, 0) is 40.1 Å². The summed E-state index contributed by atoms with van der Waals surface area (Å²) in [6, 6.07) is 1.80. The highest BCUT2D eigenvalue weighted by Crippen LogP contribution is 2.15. The molecular formula is C12H13BrFN5O. The van der Waals surface area contributed by atoms with Crippen LogP contribution in [-0.2, 0) is 6.54 Å². The van der Waals surface area contributed by atoms with Gasteiger partial charge >= 0.3 is 5.69 Å². The van der Waals surface area contributed by atoms with Crippen molar-refractivity contribution in [1.82, 2.24) is 19.3 Å². The van der Waals surface area contributed by atoms with Crippen LogP contribution in [0.3, 0.4) is 0 Å². The Balaban J connectivity index is 2.38. The predicted octanol–water partition coefficient (Wildman–Crippen LogP) is 1.31. The maximum atomic E-state index is 12.5. The van der Waals surface area contributed by atoms with Gasteiger partial charge in [0.15, 0.2) is 0 Å². The Kier molecular flexibility index (Phi) is 4.46. The molecule has 0 unspecified atom stereocenters. The monoisotopic (exact) mass is 341 g/mol. The van der Waals surface area contributed by atoms with Crippen molar-refractivity contribution in [2.24, 2.45) is 5.73 Å². The van der Waals surface area contributed by atoms with Gasteiger partial charge in [0.25, 0.3) is 0 Å². The minimum Gasteiger partial charge on any atom is -0.327 e. The summed E-state index contributed by atoms with van der Waals surface area (Å²) in [5, 5.41) is 3.94. The fraction of sp³-hybridized carbons (Fsp3) is 0.250. The molecule has 0 aliphatic rings. The standard InChI is InChI=1S/C12H13BrFN5O/c1-8-2-10(5-16-11(8)13)18-7-17-19(12(18)20)6-9(3-14)4-15/h2-3,5,7H,4,6,15H2,1H3/b9-3+. The van der Waals surface area contributed by atoms with Crippen molar-refractivity contribution in [3.05, 3.63) is 51.1 Å². The lowest BCUT2D eigenvalue weighted by molar-refractivity contribution is 0.612. The predicted molar refractivity (Wildman–Crippen MR) is 76.3 cm³/mol. The quantitative estimate of drug-likeness (QED) is 0.850. The molecule has 0 amide bonds.